The number of hydrogen-bond donors (Lipinski definition) is 0. The maximum Gasteiger partial charge on any atom is 0.349 e. The Morgan fingerprint density at radius 3 is 2.04 bits per heavy atom. The van der Waals surface area contributed by atoms with Gasteiger partial charge in [-0.15, -0.1) is 0 Å². The van der Waals surface area contributed by atoms with Gasteiger partial charge in [0.05, 0.1) is 11.6 Å². The first-order valence-corrected chi connectivity index (χ1v) is 9.05. The molecule has 0 aromatic heterocycles. The van der Waals surface area contributed by atoms with Gasteiger partial charge < -0.3 is 9.47 Å². The quantitative estimate of drug-likeness (QED) is 0.427. The summed E-state index contributed by atoms with van der Waals surface area (Å²) in [6.07, 6.45) is 0. The maximum atomic E-state index is 12.1. The van der Waals surface area contributed by atoms with Gasteiger partial charge in [0.2, 0.25) is 0 Å². The van der Waals surface area contributed by atoms with Crippen LogP contribution in [0.1, 0.15) is 16.7 Å². The van der Waals surface area contributed by atoms with Crippen LogP contribution in [-0.2, 0) is 4.79 Å². The second-order valence-electron chi connectivity index (χ2n) is 6.34. The summed E-state index contributed by atoms with van der Waals surface area (Å²) in [5, 5.41) is 9.50. The Balaban J connectivity index is 1.61. The summed E-state index contributed by atoms with van der Waals surface area (Å²) < 4.78 is 10.9. The van der Waals surface area contributed by atoms with Crippen molar-refractivity contribution in [3.05, 3.63) is 82.4 Å². The fourth-order valence-corrected chi connectivity index (χ4v) is 3.20. The van der Waals surface area contributed by atoms with Crippen molar-refractivity contribution in [1.29, 1.82) is 5.26 Å². The van der Waals surface area contributed by atoms with Crippen molar-refractivity contribution >= 4 is 17.6 Å². The molecule has 3 aromatic rings. The predicted octanol–water partition coefficient (Wildman–Crippen LogP) is 5.48. The van der Waals surface area contributed by atoms with Crippen LogP contribution in [0, 0.1) is 25.2 Å². The number of benzene rings is 3. The Labute approximate surface area is 168 Å². The molecule has 0 amide bonds. The molecule has 0 aliphatic heterocycles. The summed E-state index contributed by atoms with van der Waals surface area (Å²) in [4.78, 5) is 12.1. The zero-order valence-corrected chi connectivity index (χ0v) is 16.3. The molecule has 0 heterocycles. The number of carbonyl (C=O) groups is 1. The minimum Gasteiger partial charge on any atom is -0.481 e. The fraction of sp³-hybridized carbons (Fsp3) is 0.130. The lowest BCUT2D eigenvalue weighted by Gasteiger charge is -2.12. The van der Waals surface area contributed by atoms with Crippen LogP contribution in [0.3, 0.4) is 0 Å². The third-order valence-corrected chi connectivity index (χ3v) is 4.41. The van der Waals surface area contributed by atoms with E-state index in [1.165, 1.54) is 0 Å². The van der Waals surface area contributed by atoms with E-state index in [1.54, 1.807) is 36.4 Å². The number of rotatable bonds is 5. The van der Waals surface area contributed by atoms with Crippen LogP contribution >= 0.6 is 11.6 Å². The second kappa shape index (κ2) is 8.60. The molecule has 0 aliphatic carbocycles. The van der Waals surface area contributed by atoms with Crippen LogP contribution in [-0.4, -0.2) is 12.6 Å². The third kappa shape index (κ3) is 4.70. The molecule has 0 radical (unpaired) electrons. The number of esters is 1. The molecule has 0 fully saturated rings. The average molecular weight is 392 g/mol. The smallest absolute Gasteiger partial charge is 0.349 e. The summed E-state index contributed by atoms with van der Waals surface area (Å²) in [6, 6.07) is 20.1. The van der Waals surface area contributed by atoms with Gasteiger partial charge in [0.15, 0.2) is 6.61 Å². The summed E-state index contributed by atoms with van der Waals surface area (Å²) in [7, 11) is 0. The number of halogens is 1. The molecule has 3 rings (SSSR count). The van der Waals surface area contributed by atoms with E-state index in [2.05, 4.69) is 6.07 Å². The first-order valence-electron chi connectivity index (χ1n) is 8.67. The first-order chi connectivity index (χ1) is 13.5. The molecule has 0 unspecified atom stereocenters. The molecule has 28 heavy (non-hydrogen) atoms. The van der Waals surface area contributed by atoms with Crippen LogP contribution in [0.4, 0.5) is 0 Å². The SMILES string of the molecule is Cc1cc(Cl)cc(C)c1OCC(=O)Oc1ccc(-c2ccc(C#N)cc2)cc1. The van der Waals surface area contributed by atoms with E-state index < -0.39 is 5.97 Å². The van der Waals surface area contributed by atoms with Crippen LogP contribution in [0.25, 0.3) is 11.1 Å². The molecule has 5 heteroatoms. The van der Waals surface area contributed by atoms with Crippen molar-refractivity contribution < 1.29 is 14.3 Å². The second-order valence-corrected chi connectivity index (χ2v) is 6.78. The minimum absolute atomic E-state index is 0.194. The number of nitrogens with zero attached hydrogens (tertiary/aromatic N) is 1. The predicted molar refractivity (Wildman–Crippen MR) is 109 cm³/mol. The Hall–Kier alpha value is -3.29. The highest BCUT2D eigenvalue weighted by atomic mass is 35.5. The lowest BCUT2D eigenvalue weighted by Crippen LogP contribution is -2.18. The average Bonchev–Trinajstić information content (AvgIpc) is 2.68. The monoisotopic (exact) mass is 391 g/mol. The van der Waals surface area contributed by atoms with E-state index in [0.717, 1.165) is 22.3 Å². The van der Waals surface area contributed by atoms with E-state index in [0.29, 0.717) is 22.1 Å². The Kier molecular flexibility index (Phi) is 5.98. The van der Waals surface area contributed by atoms with Gasteiger partial charge >= 0.3 is 5.97 Å². The maximum absolute atomic E-state index is 12.1. The van der Waals surface area contributed by atoms with Crippen molar-refractivity contribution in [3.63, 3.8) is 0 Å². The van der Waals surface area contributed by atoms with Crippen molar-refractivity contribution in [1.82, 2.24) is 0 Å². The van der Waals surface area contributed by atoms with Crippen molar-refractivity contribution in [2.24, 2.45) is 0 Å². The van der Waals surface area contributed by atoms with E-state index in [4.69, 9.17) is 26.3 Å². The molecule has 0 aliphatic rings. The van der Waals surface area contributed by atoms with E-state index >= 15 is 0 Å². The molecule has 140 valence electrons. The van der Waals surface area contributed by atoms with E-state index in [9.17, 15) is 4.79 Å². The lowest BCUT2D eigenvalue weighted by atomic mass is 10.0. The van der Waals surface area contributed by atoms with Crippen molar-refractivity contribution in [3.8, 4) is 28.7 Å². The standard InChI is InChI=1S/C23H18ClNO3/c1-15-11-20(24)12-16(2)23(15)27-14-22(26)28-21-9-7-19(8-10-21)18-5-3-17(13-25)4-6-18/h3-12H,14H2,1-2H3. The Morgan fingerprint density at radius 1 is 0.964 bits per heavy atom. The first kappa shape index (κ1) is 19.5. The van der Waals surface area contributed by atoms with Gasteiger partial charge in [0.25, 0.3) is 0 Å². The molecular weight excluding hydrogens is 374 g/mol. The van der Waals surface area contributed by atoms with Gasteiger partial charge in [0, 0.05) is 5.02 Å². The van der Waals surface area contributed by atoms with Gasteiger partial charge in [-0.05, 0) is 72.5 Å². The topological polar surface area (TPSA) is 59.3 Å². The van der Waals surface area contributed by atoms with Crippen LogP contribution in [0.5, 0.6) is 11.5 Å². The molecule has 0 saturated carbocycles. The zero-order valence-electron chi connectivity index (χ0n) is 15.5. The molecule has 4 nitrogen and oxygen atoms in total. The van der Waals surface area contributed by atoms with Gasteiger partial charge in [-0.25, -0.2) is 4.79 Å². The fourth-order valence-electron chi connectivity index (χ4n) is 2.87. The minimum atomic E-state index is -0.486. The molecule has 3 aromatic carbocycles. The highest BCUT2D eigenvalue weighted by Crippen LogP contribution is 2.27. The van der Waals surface area contributed by atoms with Crippen LogP contribution < -0.4 is 9.47 Å². The normalized spacial score (nSPS) is 10.2. The number of nitriles is 1. The van der Waals surface area contributed by atoms with Crippen molar-refractivity contribution in [2.45, 2.75) is 13.8 Å². The van der Waals surface area contributed by atoms with Gasteiger partial charge in [-0.3, -0.25) is 0 Å². The summed E-state index contributed by atoms with van der Waals surface area (Å²) in [5.74, 6) is 0.591. The highest BCUT2D eigenvalue weighted by Gasteiger charge is 2.11. The number of aryl methyl sites for hydroxylation is 2. The van der Waals surface area contributed by atoms with Gasteiger partial charge in [-0.2, -0.15) is 5.26 Å². The number of hydrogen-bond acceptors (Lipinski definition) is 4. The summed E-state index contributed by atoms with van der Waals surface area (Å²) in [6.45, 7) is 3.56. The van der Waals surface area contributed by atoms with Crippen LogP contribution in [0.15, 0.2) is 60.7 Å². The summed E-state index contributed by atoms with van der Waals surface area (Å²) in [5.41, 5.74) is 4.29. The number of ether oxygens (including phenoxy) is 2. The van der Waals surface area contributed by atoms with Crippen LogP contribution in [0.2, 0.25) is 5.02 Å². The van der Waals surface area contributed by atoms with Gasteiger partial charge in [-0.1, -0.05) is 35.9 Å². The molecule has 0 spiro atoms. The number of carbonyl (C=O) groups excluding carboxylic acids is 1. The third-order valence-electron chi connectivity index (χ3n) is 4.19. The lowest BCUT2D eigenvalue weighted by molar-refractivity contribution is -0.136. The Bertz CT molecular complexity index is 1010. The zero-order chi connectivity index (χ0) is 20.1. The van der Waals surface area contributed by atoms with Crippen molar-refractivity contribution in [2.75, 3.05) is 6.61 Å². The van der Waals surface area contributed by atoms with E-state index in [1.807, 2.05) is 38.1 Å². The highest BCUT2D eigenvalue weighted by molar-refractivity contribution is 6.30. The van der Waals surface area contributed by atoms with E-state index in [-0.39, 0.29) is 6.61 Å². The Morgan fingerprint density at radius 2 is 1.50 bits per heavy atom. The molecular formula is C23H18ClNO3. The molecule has 0 atom stereocenters. The molecule has 0 saturated heterocycles. The summed E-state index contributed by atoms with van der Waals surface area (Å²) >= 11 is 6.00. The van der Waals surface area contributed by atoms with Gasteiger partial charge in [0.1, 0.15) is 11.5 Å². The largest absolute Gasteiger partial charge is 0.481 e. The molecule has 0 N–H and O–H groups in total. The molecule has 0 bridgehead atoms.